The predicted octanol–water partition coefficient (Wildman–Crippen LogP) is 13.0. The highest BCUT2D eigenvalue weighted by Crippen LogP contribution is 2.60. The molecule has 0 aromatic rings. The number of allylic oxidation sites excluding steroid dienone is 3. The third kappa shape index (κ3) is 8.92. The Morgan fingerprint density at radius 3 is 1.86 bits per heavy atom. The average Bonchev–Trinajstić information content (AvgIpc) is 3.20. The summed E-state index contributed by atoms with van der Waals surface area (Å²) < 4.78 is 14.2. The summed E-state index contributed by atoms with van der Waals surface area (Å²) >= 11 is 0. The highest BCUT2D eigenvalue weighted by atomic mass is 28.4. The summed E-state index contributed by atoms with van der Waals surface area (Å²) in [4.78, 5) is 0. The molecule has 254 valence electrons. The van der Waals surface area contributed by atoms with Crippen molar-refractivity contribution in [2.45, 2.75) is 189 Å². The Hall–Kier alpha value is -0.426. The van der Waals surface area contributed by atoms with E-state index in [1.165, 1.54) is 62.5 Å². The van der Waals surface area contributed by atoms with E-state index in [9.17, 15) is 0 Å². The molecular weight excluding hydrogens is 569 g/mol. The van der Waals surface area contributed by atoms with Crippen molar-refractivity contribution < 1.29 is 8.85 Å². The molecule has 0 bridgehead atoms. The lowest BCUT2D eigenvalue weighted by atomic mass is 9.60. The van der Waals surface area contributed by atoms with Crippen molar-refractivity contribution >= 4 is 16.6 Å². The Bertz CT molecular complexity index is 1020. The molecular formula is C40H74O2Si2. The van der Waals surface area contributed by atoms with Crippen LogP contribution >= 0.6 is 0 Å². The van der Waals surface area contributed by atoms with Gasteiger partial charge >= 0.3 is 0 Å². The van der Waals surface area contributed by atoms with E-state index in [1.54, 1.807) is 5.57 Å². The van der Waals surface area contributed by atoms with Crippen molar-refractivity contribution in [3.8, 4) is 0 Å². The molecule has 4 heteroatoms. The highest BCUT2D eigenvalue weighted by Gasteiger charge is 2.50. The summed E-state index contributed by atoms with van der Waals surface area (Å²) in [6.07, 6.45) is 18.0. The van der Waals surface area contributed by atoms with Crippen LogP contribution in [0.25, 0.3) is 0 Å². The summed E-state index contributed by atoms with van der Waals surface area (Å²) in [5.74, 6) is 2.45. The topological polar surface area (TPSA) is 18.5 Å². The van der Waals surface area contributed by atoms with Crippen LogP contribution in [0.2, 0.25) is 36.3 Å². The van der Waals surface area contributed by atoms with E-state index in [0.29, 0.717) is 10.8 Å². The third-order valence-corrected chi connectivity index (χ3v) is 22.0. The van der Waals surface area contributed by atoms with Gasteiger partial charge in [0.1, 0.15) is 0 Å². The summed E-state index contributed by atoms with van der Waals surface area (Å²) in [6.45, 7) is 40.7. The van der Waals surface area contributed by atoms with E-state index in [1.807, 2.05) is 0 Å². The Kier molecular flexibility index (Phi) is 11.7. The Morgan fingerprint density at radius 1 is 0.864 bits per heavy atom. The SMILES string of the molecule is C=C1[C@H](O[Si](C)(C)C(C)(C)C)CC(=C/C=C2\CCC[C@]3(C)[C@@H]([C@@H](C)CCCC(C)(C)C)CC[C@@H]23)C[C@H]1O[Si](C)(C)C(C)(C)C. The van der Waals surface area contributed by atoms with Gasteiger partial charge in [-0.1, -0.05) is 119 Å². The molecule has 0 amide bonds. The van der Waals surface area contributed by atoms with Crippen molar-refractivity contribution in [1.82, 2.24) is 0 Å². The van der Waals surface area contributed by atoms with Gasteiger partial charge in [0.25, 0.3) is 0 Å². The molecule has 0 unspecified atom stereocenters. The van der Waals surface area contributed by atoms with Gasteiger partial charge in [-0.05, 0) is 122 Å². The second kappa shape index (κ2) is 13.6. The number of hydrogen-bond acceptors (Lipinski definition) is 2. The molecule has 3 saturated carbocycles. The zero-order valence-electron chi connectivity index (χ0n) is 32.1. The average molecular weight is 643 g/mol. The minimum absolute atomic E-state index is 0.0468. The molecule has 3 fully saturated rings. The molecule has 3 aliphatic carbocycles. The van der Waals surface area contributed by atoms with Gasteiger partial charge in [0.2, 0.25) is 0 Å². The second-order valence-corrected chi connectivity index (χ2v) is 29.3. The largest absolute Gasteiger partial charge is 0.410 e. The molecule has 0 aromatic heterocycles. The van der Waals surface area contributed by atoms with Crippen LogP contribution in [0.4, 0.5) is 0 Å². The Balaban J connectivity index is 1.85. The Labute approximate surface area is 277 Å². The lowest BCUT2D eigenvalue weighted by Crippen LogP contribution is -2.49. The van der Waals surface area contributed by atoms with Crippen LogP contribution in [0, 0.1) is 28.6 Å². The van der Waals surface area contributed by atoms with Crippen molar-refractivity contribution in [2.75, 3.05) is 0 Å². The predicted molar refractivity (Wildman–Crippen MR) is 199 cm³/mol. The first-order valence-corrected chi connectivity index (χ1v) is 24.1. The maximum Gasteiger partial charge on any atom is 0.192 e. The quantitative estimate of drug-likeness (QED) is 0.184. The summed E-state index contributed by atoms with van der Waals surface area (Å²) in [6, 6.07) is 0. The molecule has 0 aromatic carbocycles. The van der Waals surface area contributed by atoms with Gasteiger partial charge in [-0.15, -0.1) is 0 Å². The molecule has 3 rings (SSSR count). The van der Waals surface area contributed by atoms with Crippen LogP contribution in [0.3, 0.4) is 0 Å². The van der Waals surface area contributed by atoms with E-state index in [4.69, 9.17) is 8.85 Å². The van der Waals surface area contributed by atoms with Crippen LogP contribution in [-0.2, 0) is 8.85 Å². The van der Waals surface area contributed by atoms with Crippen LogP contribution in [0.5, 0.6) is 0 Å². The second-order valence-electron chi connectivity index (χ2n) is 19.8. The molecule has 0 aliphatic heterocycles. The van der Waals surface area contributed by atoms with Crippen molar-refractivity contribution in [3.05, 3.63) is 35.5 Å². The summed E-state index contributed by atoms with van der Waals surface area (Å²) in [5.41, 5.74) is 5.31. The number of fused-ring (bicyclic) bond motifs is 1. The number of rotatable bonds is 9. The molecule has 6 atom stereocenters. The van der Waals surface area contributed by atoms with Crippen molar-refractivity contribution in [2.24, 2.45) is 28.6 Å². The van der Waals surface area contributed by atoms with E-state index >= 15 is 0 Å². The van der Waals surface area contributed by atoms with Crippen LogP contribution in [-0.4, -0.2) is 28.8 Å². The first-order chi connectivity index (χ1) is 19.9. The van der Waals surface area contributed by atoms with Gasteiger partial charge in [-0.2, -0.15) is 0 Å². The molecule has 0 spiro atoms. The van der Waals surface area contributed by atoms with E-state index < -0.39 is 16.6 Å². The van der Waals surface area contributed by atoms with E-state index in [-0.39, 0.29) is 22.3 Å². The smallest absolute Gasteiger partial charge is 0.192 e. The summed E-state index contributed by atoms with van der Waals surface area (Å²) in [5, 5.41) is 0.337. The van der Waals surface area contributed by atoms with Gasteiger partial charge < -0.3 is 8.85 Å². The van der Waals surface area contributed by atoms with Crippen LogP contribution in [0.15, 0.2) is 35.5 Å². The van der Waals surface area contributed by atoms with Crippen LogP contribution < -0.4 is 0 Å². The number of hydrogen-bond donors (Lipinski definition) is 0. The third-order valence-electron chi connectivity index (χ3n) is 13.1. The first-order valence-electron chi connectivity index (χ1n) is 18.3. The monoisotopic (exact) mass is 643 g/mol. The van der Waals surface area contributed by atoms with Crippen LogP contribution in [0.1, 0.15) is 140 Å². The molecule has 0 heterocycles. The molecule has 2 nitrogen and oxygen atoms in total. The lowest BCUT2D eigenvalue weighted by Gasteiger charge is -2.46. The van der Waals surface area contributed by atoms with Gasteiger partial charge in [0, 0.05) is 0 Å². The van der Waals surface area contributed by atoms with Crippen molar-refractivity contribution in [3.63, 3.8) is 0 Å². The zero-order valence-corrected chi connectivity index (χ0v) is 34.1. The Morgan fingerprint density at radius 2 is 1.39 bits per heavy atom. The maximum atomic E-state index is 7.10. The summed E-state index contributed by atoms with van der Waals surface area (Å²) in [7, 11) is -3.92. The zero-order chi connectivity index (χ0) is 33.5. The fourth-order valence-corrected chi connectivity index (χ4v) is 10.7. The van der Waals surface area contributed by atoms with Crippen molar-refractivity contribution in [1.29, 1.82) is 0 Å². The van der Waals surface area contributed by atoms with E-state index in [2.05, 4.69) is 121 Å². The minimum atomic E-state index is -1.96. The highest BCUT2D eigenvalue weighted by molar-refractivity contribution is 6.74. The first kappa shape index (κ1) is 38.0. The fourth-order valence-electron chi connectivity index (χ4n) is 8.06. The standard InChI is InChI=1S/C40H74O2Si2/c1-29(19-17-25-37(3,4)5)33-23-24-34-32(20-18-26-40(33,34)12)22-21-31-27-35(41-43(13,14)38(6,7)8)30(2)36(28-31)42-44(15,16)39(9,10)11/h21-22,29,33-36H,2,17-20,23-28H2,1,3-16H3/b32-22+/t29-,33+,34-,35+,36+,40+/m0/s1. The molecule has 3 aliphatic rings. The van der Waals surface area contributed by atoms with Gasteiger partial charge in [-0.3, -0.25) is 0 Å². The fraction of sp³-hybridized carbons (Fsp3) is 0.850. The van der Waals surface area contributed by atoms with Gasteiger partial charge in [0.15, 0.2) is 16.6 Å². The van der Waals surface area contributed by atoms with E-state index in [0.717, 1.165) is 30.6 Å². The molecule has 0 N–H and O–H groups in total. The minimum Gasteiger partial charge on any atom is -0.410 e. The normalized spacial score (nSPS) is 30.9. The van der Waals surface area contributed by atoms with Gasteiger partial charge in [0.05, 0.1) is 12.2 Å². The molecule has 0 radical (unpaired) electrons. The maximum absolute atomic E-state index is 7.10. The van der Waals surface area contributed by atoms with Gasteiger partial charge in [-0.25, -0.2) is 0 Å². The molecule has 44 heavy (non-hydrogen) atoms. The molecule has 0 saturated heterocycles. The lowest BCUT2D eigenvalue weighted by molar-refractivity contribution is 0.0920.